The third-order valence-electron chi connectivity index (χ3n) is 7.28. The molecule has 0 unspecified atom stereocenters. The van der Waals surface area contributed by atoms with Gasteiger partial charge in [0.25, 0.3) is 5.69 Å². The van der Waals surface area contributed by atoms with Crippen LogP contribution in [0.2, 0.25) is 0 Å². The summed E-state index contributed by atoms with van der Waals surface area (Å²) in [6.45, 7) is 11.5. The number of hydrogen-bond donors (Lipinski definition) is 1. The zero-order chi connectivity index (χ0) is 27.5. The normalized spacial score (nSPS) is 18.4. The van der Waals surface area contributed by atoms with E-state index in [9.17, 15) is 24.5 Å². The van der Waals surface area contributed by atoms with Crippen molar-refractivity contribution in [3.63, 3.8) is 0 Å². The molecular formula is C28H42N4O5. The van der Waals surface area contributed by atoms with Gasteiger partial charge in [-0.25, -0.2) is 0 Å². The average molecular weight is 515 g/mol. The van der Waals surface area contributed by atoms with Crippen LogP contribution in [0.15, 0.2) is 30.3 Å². The van der Waals surface area contributed by atoms with Gasteiger partial charge in [0.1, 0.15) is 6.04 Å². The lowest BCUT2D eigenvalue weighted by Gasteiger charge is -2.42. The summed E-state index contributed by atoms with van der Waals surface area (Å²) in [7, 11) is 0. The smallest absolute Gasteiger partial charge is 0.269 e. The van der Waals surface area contributed by atoms with Gasteiger partial charge in [0, 0.05) is 49.8 Å². The molecule has 1 aromatic rings. The number of hydrogen-bond acceptors (Lipinski definition) is 5. The van der Waals surface area contributed by atoms with Crippen molar-refractivity contribution in [1.82, 2.24) is 15.1 Å². The summed E-state index contributed by atoms with van der Waals surface area (Å²) >= 11 is 0. The highest BCUT2D eigenvalue weighted by molar-refractivity contribution is 5.95. The van der Waals surface area contributed by atoms with Gasteiger partial charge in [0.2, 0.25) is 17.7 Å². The molecule has 1 N–H and O–H groups in total. The van der Waals surface area contributed by atoms with E-state index in [0.717, 1.165) is 25.7 Å². The molecule has 9 nitrogen and oxygen atoms in total. The molecule has 1 aliphatic rings. The van der Waals surface area contributed by atoms with E-state index in [1.165, 1.54) is 18.2 Å². The van der Waals surface area contributed by atoms with Gasteiger partial charge in [-0.2, -0.15) is 0 Å². The summed E-state index contributed by atoms with van der Waals surface area (Å²) in [5.41, 5.74) is 0.623. The summed E-state index contributed by atoms with van der Waals surface area (Å²) in [5.74, 6) is -0.403. The van der Waals surface area contributed by atoms with Crippen LogP contribution in [-0.4, -0.2) is 64.2 Å². The molecule has 37 heavy (non-hydrogen) atoms. The Labute approximate surface area is 220 Å². The zero-order valence-corrected chi connectivity index (χ0v) is 22.8. The summed E-state index contributed by atoms with van der Waals surface area (Å²) in [5, 5.41) is 13.7. The molecule has 1 saturated heterocycles. The Morgan fingerprint density at radius 1 is 1.11 bits per heavy atom. The molecule has 4 atom stereocenters. The Morgan fingerprint density at radius 2 is 1.78 bits per heavy atom. The molecule has 0 aliphatic carbocycles. The van der Waals surface area contributed by atoms with E-state index in [0.29, 0.717) is 31.6 Å². The molecule has 1 heterocycles. The first-order chi connectivity index (χ1) is 17.6. The number of non-ortho nitro benzene ring substituents is 1. The second-order valence-corrected chi connectivity index (χ2v) is 9.97. The second-order valence-electron chi connectivity index (χ2n) is 9.97. The van der Waals surface area contributed by atoms with Gasteiger partial charge in [0.15, 0.2) is 0 Å². The standard InChI is InChI=1S/C28H42N4O5/c1-6-9-10-23(8-3)27(34)31-18-17-30(19-21(31)5)28(35)26(20(4)7-2)29-25(33)16-13-22-11-14-24(15-12-22)32(36)37/h11-16,20-21,23,26H,6-10,17-19H2,1-5H3,(H,29,33)/b16-13+/t20-,21-,23+,26-/m1/s1. The molecule has 9 heteroatoms. The predicted octanol–water partition coefficient (Wildman–Crippen LogP) is 4.41. The maximum atomic E-state index is 13.5. The van der Waals surface area contributed by atoms with Crippen LogP contribution in [0.25, 0.3) is 6.08 Å². The van der Waals surface area contributed by atoms with Crippen molar-refractivity contribution in [2.24, 2.45) is 11.8 Å². The zero-order valence-electron chi connectivity index (χ0n) is 22.8. The van der Waals surface area contributed by atoms with Crippen LogP contribution in [0.3, 0.4) is 0 Å². The lowest BCUT2D eigenvalue weighted by molar-refractivity contribution is -0.384. The number of carbonyl (C=O) groups is 3. The molecule has 204 valence electrons. The van der Waals surface area contributed by atoms with E-state index in [1.807, 2.05) is 25.7 Å². The number of rotatable bonds is 12. The van der Waals surface area contributed by atoms with E-state index in [2.05, 4.69) is 19.2 Å². The molecular weight excluding hydrogens is 472 g/mol. The molecule has 0 bridgehead atoms. The first-order valence-electron chi connectivity index (χ1n) is 13.4. The van der Waals surface area contributed by atoms with Crippen LogP contribution >= 0.6 is 0 Å². The third kappa shape index (κ3) is 8.40. The van der Waals surface area contributed by atoms with Crippen molar-refractivity contribution in [2.45, 2.75) is 78.8 Å². The molecule has 3 amide bonds. The Hall–Kier alpha value is -3.23. The Balaban J connectivity index is 2.03. The minimum atomic E-state index is -0.679. The van der Waals surface area contributed by atoms with Crippen molar-refractivity contribution < 1.29 is 19.3 Å². The summed E-state index contributed by atoms with van der Waals surface area (Å²) < 4.78 is 0. The van der Waals surface area contributed by atoms with Crippen LogP contribution in [-0.2, 0) is 14.4 Å². The van der Waals surface area contributed by atoms with Gasteiger partial charge in [-0.05, 0) is 49.5 Å². The van der Waals surface area contributed by atoms with Gasteiger partial charge in [0.05, 0.1) is 4.92 Å². The third-order valence-corrected chi connectivity index (χ3v) is 7.28. The maximum absolute atomic E-state index is 13.5. The molecule has 0 aromatic heterocycles. The molecule has 2 rings (SSSR count). The fourth-order valence-electron chi connectivity index (χ4n) is 4.63. The van der Waals surface area contributed by atoms with Gasteiger partial charge < -0.3 is 15.1 Å². The molecule has 0 spiro atoms. The minimum absolute atomic E-state index is 0.0220. The van der Waals surface area contributed by atoms with E-state index in [1.54, 1.807) is 23.1 Å². The number of piperazine rings is 1. The Kier molecular flexibility index (Phi) is 11.8. The van der Waals surface area contributed by atoms with Crippen molar-refractivity contribution in [3.8, 4) is 0 Å². The second kappa shape index (κ2) is 14.5. The number of carbonyl (C=O) groups excluding carboxylic acids is 3. The van der Waals surface area contributed by atoms with E-state index < -0.39 is 16.9 Å². The van der Waals surface area contributed by atoms with Crippen LogP contribution in [0.4, 0.5) is 5.69 Å². The summed E-state index contributed by atoms with van der Waals surface area (Å²) in [6, 6.07) is 5.11. The van der Waals surface area contributed by atoms with E-state index >= 15 is 0 Å². The van der Waals surface area contributed by atoms with Crippen molar-refractivity contribution >= 4 is 29.5 Å². The summed E-state index contributed by atoms with van der Waals surface area (Å²) in [6.07, 6.45) is 7.43. The molecule has 0 radical (unpaired) electrons. The van der Waals surface area contributed by atoms with Crippen molar-refractivity contribution in [2.75, 3.05) is 19.6 Å². The molecule has 1 aliphatic heterocycles. The van der Waals surface area contributed by atoms with Crippen LogP contribution < -0.4 is 5.32 Å². The highest BCUT2D eigenvalue weighted by Gasteiger charge is 2.36. The fraction of sp³-hybridized carbons (Fsp3) is 0.607. The maximum Gasteiger partial charge on any atom is 0.269 e. The van der Waals surface area contributed by atoms with Crippen molar-refractivity contribution in [3.05, 3.63) is 46.0 Å². The van der Waals surface area contributed by atoms with Gasteiger partial charge in [-0.15, -0.1) is 0 Å². The fourth-order valence-corrected chi connectivity index (χ4v) is 4.63. The topological polar surface area (TPSA) is 113 Å². The molecule has 0 saturated carbocycles. The van der Waals surface area contributed by atoms with Crippen molar-refractivity contribution in [1.29, 1.82) is 0 Å². The Morgan fingerprint density at radius 3 is 2.32 bits per heavy atom. The lowest BCUT2D eigenvalue weighted by Crippen LogP contribution is -2.60. The first-order valence-corrected chi connectivity index (χ1v) is 13.4. The quantitative estimate of drug-likeness (QED) is 0.252. The Bertz CT molecular complexity index is 962. The van der Waals surface area contributed by atoms with E-state index in [4.69, 9.17) is 0 Å². The molecule has 1 aromatic carbocycles. The largest absolute Gasteiger partial charge is 0.340 e. The number of nitro groups is 1. The number of unbranched alkanes of at least 4 members (excludes halogenated alkanes) is 1. The van der Waals surface area contributed by atoms with Gasteiger partial charge in [-0.1, -0.05) is 47.0 Å². The number of nitrogens with zero attached hydrogens (tertiary/aromatic N) is 3. The minimum Gasteiger partial charge on any atom is -0.340 e. The number of nitrogens with one attached hydrogen (secondary N) is 1. The number of amides is 3. The van der Waals surface area contributed by atoms with E-state index in [-0.39, 0.29) is 35.4 Å². The van der Waals surface area contributed by atoms with Crippen LogP contribution in [0.1, 0.15) is 72.3 Å². The van der Waals surface area contributed by atoms with Gasteiger partial charge in [-0.3, -0.25) is 24.5 Å². The number of benzene rings is 1. The van der Waals surface area contributed by atoms with Crippen LogP contribution in [0.5, 0.6) is 0 Å². The highest BCUT2D eigenvalue weighted by Crippen LogP contribution is 2.21. The highest BCUT2D eigenvalue weighted by atomic mass is 16.6. The molecule has 1 fully saturated rings. The number of nitro benzene ring substituents is 1. The SMILES string of the molecule is CCCC[C@H](CC)C(=O)N1CCN(C(=O)[C@H](NC(=O)/C=C/c2ccc([N+](=O)[O-])cc2)[C@H](C)CC)C[C@H]1C. The lowest BCUT2D eigenvalue weighted by atomic mass is 9.95. The predicted molar refractivity (Wildman–Crippen MR) is 145 cm³/mol. The van der Waals surface area contributed by atoms with Crippen LogP contribution in [0, 0.1) is 22.0 Å². The average Bonchev–Trinajstić information content (AvgIpc) is 2.90. The monoisotopic (exact) mass is 514 g/mol. The van der Waals surface area contributed by atoms with Gasteiger partial charge >= 0.3 is 0 Å². The summed E-state index contributed by atoms with van der Waals surface area (Å²) in [4.78, 5) is 53.3. The first kappa shape index (κ1) is 30.0.